The summed E-state index contributed by atoms with van der Waals surface area (Å²) in [5.74, 6) is 0.376. The number of likely N-dealkylation sites (N-methyl/N-ethyl adjacent to an activating group) is 1. The molecule has 2 aromatic heterocycles. The van der Waals surface area contributed by atoms with Crippen LogP contribution in [0.15, 0.2) is 35.3 Å². The van der Waals surface area contributed by atoms with Gasteiger partial charge in [0.05, 0.1) is 5.56 Å². The number of pyridine rings is 1. The molecule has 1 aliphatic heterocycles. The summed E-state index contributed by atoms with van der Waals surface area (Å²) >= 11 is 0. The molecular formula is C22H30N6O3. The van der Waals surface area contributed by atoms with Gasteiger partial charge in [0.25, 0.3) is 5.91 Å². The van der Waals surface area contributed by atoms with Crippen molar-refractivity contribution < 1.29 is 9.59 Å². The van der Waals surface area contributed by atoms with Crippen LogP contribution in [-0.2, 0) is 4.79 Å². The van der Waals surface area contributed by atoms with Crippen LogP contribution in [0, 0.1) is 5.92 Å². The fourth-order valence-corrected chi connectivity index (χ4v) is 4.63. The molecule has 2 aliphatic rings. The van der Waals surface area contributed by atoms with Crippen LogP contribution < -0.4 is 16.3 Å². The summed E-state index contributed by atoms with van der Waals surface area (Å²) in [6.45, 7) is 1.46. The van der Waals surface area contributed by atoms with E-state index in [9.17, 15) is 14.4 Å². The molecule has 4 rings (SSSR count). The molecule has 2 aromatic rings. The summed E-state index contributed by atoms with van der Waals surface area (Å²) in [6, 6.07) is 3.82. The normalized spacial score (nSPS) is 23.8. The van der Waals surface area contributed by atoms with Gasteiger partial charge in [-0.05, 0) is 57.2 Å². The van der Waals surface area contributed by atoms with Crippen molar-refractivity contribution in [2.24, 2.45) is 5.92 Å². The Bertz CT molecular complexity index is 1030. The molecule has 9 heteroatoms. The second-order valence-corrected chi connectivity index (χ2v) is 8.64. The van der Waals surface area contributed by atoms with Crippen molar-refractivity contribution in [1.29, 1.82) is 0 Å². The average Bonchev–Trinajstić information content (AvgIpc) is 3.36. The van der Waals surface area contributed by atoms with E-state index in [1.165, 1.54) is 4.40 Å². The summed E-state index contributed by atoms with van der Waals surface area (Å²) in [6.07, 6.45) is 11.2. The Hall–Kier alpha value is -2.94. The summed E-state index contributed by atoms with van der Waals surface area (Å²) in [4.78, 5) is 38.8. The van der Waals surface area contributed by atoms with E-state index in [1.807, 2.05) is 0 Å². The number of carbonyl (C=O) groups excluding carboxylic acids is 2. The number of nitrogens with one attached hydrogen (secondary N) is 3. The Labute approximate surface area is 180 Å². The quantitative estimate of drug-likeness (QED) is 0.574. The number of hydrogen-bond acceptors (Lipinski definition) is 5. The number of nitrogens with zero attached hydrogens (tertiary/aromatic N) is 3. The van der Waals surface area contributed by atoms with Crippen molar-refractivity contribution in [2.75, 3.05) is 20.1 Å². The lowest BCUT2D eigenvalue weighted by molar-refractivity contribution is -0.122. The number of H-pyrrole nitrogens is 1. The van der Waals surface area contributed by atoms with Gasteiger partial charge >= 0.3 is 5.69 Å². The lowest BCUT2D eigenvalue weighted by atomic mass is 10.0. The SMILES string of the molecule is CN1CC=CCC1CC(=O)NC1CCC(CCNC(=O)c2cccn3c(=O)[nH]nc23)C1. The van der Waals surface area contributed by atoms with Gasteiger partial charge in [0.2, 0.25) is 5.91 Å². The highest BCUT2D eigenvalue weighted by Gasteiger charge is 2.27. The molecule has 9 nitrogen and oxygen atoms in total. The number of aromatic amines is 1. The van der Waals surface area contributed by atoms with Crippen molar-refractivity contribution >= 4 is 17.5 Å². The predicted octanol–water partition coefficient (Wildman–Crippen LogP) is 1.08. The highest BCUT2D eigenvalue weighted by Crippen LogP contribution is 2.28. The Kier molecular flexibility index (Phi) is 6.50. The standard InChI is InChI=1S/C22H30N6O3/c1-27-11-3-2-5-17(27)14-19(29)24-16-8-7-15(13-16)9-10-23-21(30)18-6-4-12-28-20(18)25-26-22(28)31/h2-4,6,12,15-17H,5,7-11,13-14H2,1H3,(H,23,30)(H,24,29)(H,26,31). The van der Waals surface area contributed by atoms with Crippen LogP contribution in [0.3, 0.4) is 0 Å². The highest BCUT2D eigenvalue weighted by atomic mass is 16.2. The molecule has 0 spiro atoms. The predicted molar refractivity (Wildman–Crippen MR) is 117 cm³/mol. The van der Waals surface area contributed by atoms with Crippen molar-refractivity contribution in [3.05, 3.63) is 46.5 Å². The maximum Gasteiger partial charge on any atom is 0.347 e. The number of rotatable bonds is 7. The van der Waals surface area contributed by atoms with Crippen molar-refractivity contribution in [3.8, 4) is 0 Å². The van der Waals surface area contributed by atoms with Gasteiger partial charge in [0.1, 0.15) is 0 Å². The highest BCUT2D eigenvalue weighted by molar-refractivity contribution is 5.99. The third-order valence-corrected chi connectivity index (χ3v) is 6.45. The molecule has 0 aromatic carbocycles. The number of fused-ring (bicyclic) bond motifs is 1. The van der Waals surface area contributed by atoms with E-state index in [0.717, 1.165) is 38.6 Å². The maximum atomic E-state index is 12.5. The summed E-state index contributed by atoms with van der Waals surface area (Å²) in [7, 11) is 2.06. The van der Waals surface area contributed by atoms with Gasteiger partial charge in [-0.3, -0.25) is 14.5 Å². The molecule has 0 radical (unpaired) electrons. The van der Waals surface area contributed by atoms with Crippen LogP contribution in [0.5, 0.6) is 0 Å². The first-order valence-electron chi connectivity index (χ1n) is 11.0. The Morgan fingerprint density at radius 1 is 1.29 bits per heavy atom. The topological polar surface area (TPSA) is 112 Å². The van der Waals surface area contributed by atoms with E-state index in [0.29, 0.717) is 30.1 Å². The minimum Gasteiger partial charge on any atom is -0.353 e. The molecule has 3 atom stereocenters. The van der Waals surface area contributed by atoms with Crippen molar-refractivity contribution in [3.63, 3.8) is 0 Å². The number of carbonyl (C=O) groups is 2. The van der Waals surface area contributed by atoms with Gasteiger partial charge in [0, 0.05) is 37.8 Å². The monoisotopic (exact) mass is 426 g/mol. The minimum absolute atomic E-state index is 0.133. The molecule has 0 bridgehead atoms. The van der Waals surface area contributed by atoms with Crippen molar-refractivity contribution in [1.82, 2.24) is 30.1 Å². The fraction of sp³-hybridized carbons (Fsp3) is 0.545. The fourth-order valence-electron chi connectivity index (χ4n) is 4.63. The first kappa shape index (κ1) is 21.3. The van der Waals surface area contributed by atoms with E-state index < -0.39 is 0 Å². The number of amides is 2. The Balaban J connectivity index is 1.20. The molecule has 3 N–H and O–H groups in total. The third kappa shape index (κ3) is 5.04. The van der Waals surface area contributed by atoms with Gasteiger partial charge < -0.3 is 10.6 Å². The van der Waals surface area contributed by atoms with Crippen LogP contribution in [0.4, 0.5) is 0 Å². The van der Waals surface area contributed by atoms with Gasteiger partial charge in [-0.1, -0.05) is 12.2 Å². The second-order valence-electron chi connectivity index (χ2n) is 8.64. The molecule has 0 saturated heterocycles. The van der Waals surface area contributed by atoms with Crippen LogP contribution >= 0.6 is 0 Å². The van der Waals surface area contributed by atoms with Gasteiger partial charge in [0.15, 0.2) is 5.65 Å². The summed E-state index contributed by atoms with van der Waals surface area (Å²) in [5, 5.41) is 12.4. The van der Waals surface area contributed by atoms with Gasteiger partial charge in [-0.15, -0.1) is 0 Å². The zero-order valence-electron chi connectivity index (χ0n) is 17.8. The Morgan fingerprint density at radius 3 is 3.00 bits per heavy atom. The lowest BCUT2D eigenvalue weighted by Gasteiger charge is -2.29. The first-order valence-corrected chi connectivity index (χ1v) is 11.0. The van der Waals surface area contributed by atoms with Crippen molar-refractivity contribution in [2.45, 2.75) is 50.6 Å². The molecule has 3 heterocycles. The second kappa shape index (κ2) is 9.47. The van der Waals surface area contributed by atoms with Crippen LogP contribution in [-0.4, -0.2) is 63.5 Å². The lowest BCUT2D eigenvalue weighted by Crippen LogP contribution is -2.41. The van der Waals surface area contributed by atoms with E-state index in [4.69, 9.17) is 0 Å². The van der Waals surface area contributed by atoms with Gasteiger partial charge in [-0.2, -0.15) is 5.10 Å². The average molecular weight is 427 g/mol. The molecule has 166 valence electrons. The molecule has 3 unspecified atom stereocenters. The van der Waals surface area contributed by atoms with Crippen LogP contribution in [0.1, 0.15) is 48.9 Å². The number of hydrogen-bond donors (Lipinski definition) is 3. The zero-order valence-corrected chi connectivity index (χ0v) is 17.8. The first-order chi connectivity index (χ1) is 15.0. The van der Waals surface area contributed by atoms with E-state index in [-0.39, 0.29) is 29.6 Å². The minimum atomic E-state index is -0.365. The Morgan fingerprint density at radius 2 is 2.16 bits per heavy atom. The largest absolute Gasteiger partial charge is 0.353 e. The molecule has 1 saturated carbocycles. The molecular weight excluding hydrogens is 396 g/mol. The molecule has 1 aliphatic carbocycles. The maximum absolute atomic E-state index is 12.5. The van der Waals surface area contributed by atoms with E-state index >= 15 is 0 Å². The van der Waals surface area contributed by atoms with E-state index in [1.54, 1.807) is 18.3 Å². The summed E-state index contributed by atoms with van der Waals surface area (Å²) < 4.78 is 1.32. The zero-order chi connectivity index (χ0) is 21.8. The third-order valence-electron chi connectivity index (χ3n) is 6.45. The number of aromatic nitrogens is 3. The van der Waals surface area contributed by atoms with Gasteiger partial charge in [-0.25, -0.2) is 14.3 Å². The van der Waals surface area contributed by atoms with Crippen LogP contribution in [0.25, 0.3) is 5.65 Å². The summed E-state index contributed by atoms with van der Waals surface area (Å²) in [5.41, 5.74) is 0.336. The molecule has 1 fully saturated rings. The smallest absolute Gasteiger partial charge is 0.347 e. The molecule has 31 heavy (non-hydrogen) atoms. The molecule has 2 amide bonds. The van der Waals surface area contributed by atoms with E-state index in [2.05, 4.69) is 44.9 Å². The van der Waals surface area contributed by atoms with Crippen LogP contribution in [0.2, 0.25) is 0 Å².